The Morgan fingerprint density at radius 2 is 2.00 bits per heavy atom. The Balaban J connectivity index is 1.54. The molecule has 0 spiro atoms. The molecule has 24 heavy (non-hydrogen) atoms. The van der Waals surface area contributed by atoms with Crippen LogP contribution in [0.25, 0.3) is 16.9 Å². The number of fused-ring (bicyclic) bond motifs is 1. The Bertz CT molecular complexity index is 1020. The van der Waals surface area contributed by atoms with Crippen molar-refractivity contribution in [2.24, 2.45) is 0 Å². The Labute approximate surface area is 145 Å². The van der Waals surface area contributed by atoms with Crippen LogP contribution in [0.15, 0.2) is 54.3 Å². The maximum absolute atomic E-state index is 12.4. The molecule has 1 N–H and O–H groups in total. The molecule has 0 atom stereocenters. The quantitative estimate of drug-likeness (QED) is 0.607. The fraction of sp³-hybridized carbons (Fsp3) is 0. The van der Waals surface area contributed by atoms with Crippen molar-refractivity contribution in [3.05, 3.63) is 64.9 Å². The van der Waals surface area contributed by atoms with Gasteiger partial charge in [-0.1, -0.05) is 23.7 Å². The Morgan fingerprint density at radius 1 is 1.17 bits per heavy atom. The summed E-state index contributed by atoms with van der Waals surface area (Å²) in [5.74, 6) is -0.234. The SMILES string of the molecule is O=C(Nc1nc(-c2ccc(Cl)cc2)cs1)c1ccc2nncn2c1. The van der Waals surface area contributed by atoms with Crippen LogP contribution in [0, 0.1) is 0 Å². The highest BCUT2D eigenvalue weighted by Crippen LogP contribution is 2.26. The molecule has 0 aliphatic carbocycles. The first kappa shape index (κ1) is 14.8. The minimum Gasteiger partial charge on any atom is -0.298 e. The van der Waals surface area contributed by atoms with Crippen molar-refractivity contribution in [3.8, 4) is 11.3 Å². The zero-order chi connectivity index (χ0) is 16.5. The number of aromatic nitrogens is 4. The third kappa shape index (κ3) is 2.86. The third-order valence-electron chi connectivity index (χ3n) is 3.42. The van der Waals surface area contributed by atoms with Gasteiger partial charge in [0.05, 0.1) is 11.3 Å². The van der Waals surface area contributed by atoms with E-state index in [1.807, 2.05) is 29.6 Å². The first-order valence-electron chi connectivity index (χ1n) is 7.01. The van der Waals surface area contributed by atoms with Crippen LogP contribution < -0.4 is 5.32 Å². The minimum atomic E-state index is -0.234. The molecule has 0 saturated carbocycles. The Morgan fingerprint density at radius 3 is 2.83 bits per heavy atom. The predicted molar refractivity (Wildman–Crippen MR) is 93.5 cm³/mol. The van der Waals surface area contributed by atoms with Gasteiger partial charge >= 0.3 is 0 Å². The van der Waals surface area contributed by atoms with Crippen molar-refractivity contribution >= 4 is 39.6 Å². The summed E-state index contributed by atoms with van der Waals surface area (Å²) in [5.41, 5.74) is 2.93. The number of halogens is 1. The lowest BCUT2D eigenvalue weighted by Crippen LogP contribution is -2.12. The van der Waals surface area contributed by atoms with Crippen LogP contribution >= 0.6 is 22.9 Å². The van der Waals surface area contributed by atoms with Gasteiger partial charge < -0.3 is 0 Å². The van der Waals surface area contributed by atoms with E-state index in [-0.39, 0.29) is 5.91 Å². The maximum Gasteiger partial charge on any atom is 0.258 e. The van der Waals surface area contributed by atoms with Gasteiger partial charge in [-0.25, -0.2) is 4.98 Å². The van der Waals surface area contributed by atoms with Crippen molar-refractivity contribution in [3.63, 3.8) is 0 Å². The average molecular weight is 356 g/mol. The largest absolute Gasteiger partial charge is 0.298 e. The number of hydrogen-bond donors (Lipinski definition) is 1. The lowest BCUT2D eigenvalue weighted by atomic mass is 10.2. The van der Waals surface area contributed by atoms with Gasteiger partial charge in [0, 0.05) is 22.2 Å². The number of carbonyl (C=O) groups is 1. The van der Waals surface area contributed by atoms with Crippen molar-refractivity contribution in [1.82, 2.24) is 19.6 Å². The van der Waals surface area contributed by atoms with E-state index in [1.54, 1.807) is 29.1 Å². The second-order valence-electron chi connectivity index (χ2n) is 5.01. The number of carbonyl (C=O) groups excluding carboxylic acids is 1. The molecule has 8 heteroatoms. The molecule has 118 valence electrons. The van der Waals surface area contributed by atoms with Gasteiger partial charge in [0.25, 0.3) is 5.91 Å². The lowest BCUT2D eigenvalue weighted by Gasteiger charge is -2.02. The molecule has 4 rings (SSSR count). The van der Waals surface area contributed by atoms with Crippen LogP contribution in [-0.4, -0.2) is 25.5 Å². The molecular formula is C16H10ClN5OS. The number of amides is 1. The van der Waals surface area contributed by atoms with Gasteiger partial charge in [-0.15, -0.1) is 21.5 Å². The number of thiazole rings is 1. The van der Waals surface area contributed by atoms with Gasteiger partial charge in [-0.2, -0.15) is 0 Å². The predicted octanol–water partition coefficient (Wildman–Crippen LogP) is 3.76. The first-order chi connectivity index (χ1) is 11.7. The highest BCUT2D eigenvalue weighted by molar-refractivity contribution is 7.14. The normalized spacial score (nSPS) is 10.9. The van der Waals surface area contributed by atoms with Crippen LogP contribution in [0.2, 0.25) is 5.02 Å². The molecular weight excluding hydrogens is 346 g/mol. The molecule has 4 aromatic rings. The van der Waals surface area contributed by atoms with Crippen molar-refractivity contribution in [2.75, 3.05) is 5.32 Å². The summed E-state index contributed by atoms with van der Waals surface area (Å²) < 4.78 is 1.69. The highest BCUT2D eigenvalue weighted by Gasteiger charge is 2.11. The number of benzene rings is 1. The van der Waals surface area contributed by atoms with E-state index in [2.05, 4.69) is 20.5 Å². The van der Waals surface area contributed by atoms with Gasteiger partial charge in [0.1, 0.15) is 6.33 Å². The second kappa shape index (κ2) is 6.03. The Hall–Kier alpha value is -2.77. The number of nitrogens with zero attached hydrogens (tertiary/aromatic N) is 4. The van der Waals surface area contributed by atoms with E-state index < -0.39 is 0 Å². The zero-order valence-corrected chi connectivity index (χ0v) is 13.8. The van der Waals surface area contributed by atoms with Crippen molar-refractivity contribution < 1.29 is 4.79 Å². The van der Waals surface area contributed by atoms with Gasteiger partial charge in [-0.3, -0.25) is 14.5 Å². The Kier molecular flexibility index (Phi) is 3.72. The molecule has 6 nitrogen and oxygen atoms in total. The van der Waals surface area contributed by atoms with Crippen LogP contribution in [-0.2, 0) is 0 Å². The maximum atomic E-state index is 12.4. The third-order valence-corrected chi connectivity index (χ3v) is 4.43. The lowest BCUT2D eigenvalue weighted by molar-refractivity contribution is 0.102. The standard InChI is InChI=1S/C16H10ClN5OS/c17-12-4-1-10(2-5-12)13-8-24-16(19-13)20-15(23)11-3-6-14-21-18-9-22(14)7-11/h1-9H,(H,19,20,23). The van der Waals surface area contributed by atoms with Gasteiger partial charge in [0.2, 0.25) is 0 Å². The van der Waals surface area contributed by atoms with E-state index in [0.717, 1.165) is 11.3 Å². The molecule has 0 unspecified atom stereocenters. The summed E-state index contributed by atoms with van der Waals surface area (Å²) in [6.07, 6.45) is 3.23. The minimum absolute atomic E-state index is 0.234. The topological polar surface area (TPSA) is 72.2 Å². The molecule has 0 fully saturated rings. The smallest absolute Gasteiger partial charge is 0.258 e. The molecule has 1 amide bonds. The van der Waals surface area contributed by atoms with E-state index in [1.165, 1.54) is 11.3 Å². The summed E-state index contributed by atoms with van der Waals surface area (Å²) in [7, 11) is 0. The first-order valence-corrected chi connectivity index (χ1v) is 8.27. The van der Waals surface area contributed by atoms with E-state index in [0.29, 0.717) is 21.4 Å². The van der Waals surface area contributed by atoms with E-state index >= 15 is 0 Å². The van der Waals surface area contributed by atoms with E-state index in [9.17, 15) is 4.79 Å². The van der Waals surface area contributed by atoms with Gasteiger partial charge in [0.15, 0.2) is 10.8 Å². The number of anilines is 1. The summed E-state index contributed by atoms with van der Waals surface area (Å²) in [6, 6.07) is 10.8. The van der Waals surface area contributed by atoms with Crippen molar-refractivity contribution in [2.45, 2.75) is 0 Å². The fourth-order valence-electron chi connectivity index (χ4n) is 2.22. The molecule has 0 bridgehead atoms. The average Bonchev–Trinajstić information content (AvgIpc) is 3.24. The number of nitrogens with one attached hydrogen (secondary N) is 1. The van der Waals surface area contributed by atoms with E-state index in [4.69, 9.17) is 11.6 Å². The molecule has 0 saturated heterocycles. The summed E-state index contributed by atoms with van der Waals surface area (Å²) in [6.45, 7) is 0. The number of pyridine rings is 1. The fourth-order valence-corrected chi connectivity index (χ4v) is 3.06. The molecule has 3 aromatic heterocycles. The van der Waals surface area contributed by atoms with Crippen LogP contribution in [0.1, 0.15) is 10.4 Å². The highest BCUT2D eigenvalue weighted by atomic mass is 35.5. The van der Waals surface area contributed by atoms with Gasteiger partial charge in [-0.05, 0) is 24.3 Å². The van der Waals surface area contributed by atoms with Crippen LogP contribution in [0.5, 0.6) is 0 Å². The molecule has 3 heterocycles. The number of rotatable bonds is 3. The van der Waals surface area contributed by atoms with Crippen molar-refractivity contribution in [1.29, 1.82) is 0 Å². The molecule has 1 aromatic carbocycles. The molecule has 0 aliphatic heterocycles. The summed E-state index contributed by atoms with van der Waals surface area (Å²) >= 11 is 7.26. The van der Waals surface area contributed by atoms with Crippen LogP contribution in [0.4, 0.5) is 5.13 Å². The zero-order valence-electron chi connectivity index (χ0n) is 12.2. The summed E-state index contributed by atoms with van der Waals surface area (Å²) in [4.78, 5) is 16.8. The number of hydrogen-bond acceptors (Lipinski definition) is 5. The van der Waals surface area contributed by atoms with Crippen LogP contribution in [0.3, 0.4) is 0 Å². The summed E-state index contributed by atoms with van der Waals surface area (Å²) in [5, 5.41) is 13.6. The molecule has 0 radical (unpaired) electrons. The second-order valence-corrected chi connectivity index (χ2v) is 6.31. The monoisotopic (exact) mass is 355 g/mol. The molecule has 0 aliphatic rings.